The minimum Gasteiger partial charge on any atom is -0.481 e. The van der Waals surface area contributed by atoms with Gasteiger partial charge in [0.05, 0.1) is 6.54 Å². The summed E-state index contributed by atoms with van der Waals surface area (Å²) < 4.78 is 12.2. The van der Waals surface area contributed by atoms with Gasteiger partial charge in [-0.05, 0) is 38.1 Å². The summed E-state index contributed by atoms with van der Waals surface area (Å²) in [4.78, 5) is 21.3. The van der Waals surface area contributed by atoms with E-state index in [0.717, 1.165) is 23.1 Å². The molecule has 1 aliphatic rings. The lowest BCUT2D eigenvalue weighted by molar-refractivity contribution is -0.139. The second-order valence-electron chi connectivity index (χ2n) is 7.69. The average Bonchev–Trinajstić information content (AvgIpc) is 3.24. The summed E-state index contributed by atoms with van der Waals surface area (Å²) >= 11 is 3.40. The van der Waals surface area contributed by atoms with Crippen molar-refractivity contribution < 1.29 is 14.1 Å². The fourth-order valence-corrected chi connectivity index (χ4v) is 3.75. The van der Waals surface area contributed by atoms with Gasteiger partial charge in [0.15, 0.2) is 6.10 Å². The van der Waals surface area contributed by atoms with Crippen molar-refractivity contribution in [3.8, 4) is 17.1 Å². The average molecular weight is 485 g/mol. The minimum atomic E-state index is -0.527. The van der Waals surface area contributed by atoms with Crippen LogP contribution < -0.4 is 4.74 Å². The molecule has 0 saturated carbocycles. The quantitative estimate of drug-likeness (QED) is 0.527. The van der Waals surface area contributed by atoms with Crippen LogP contribution in [0.4, 0.5) is 0 Å². The molecule has 0 spiro atoms. The second kappa shape index (κ2) is 9.62. The van der Waals surface area contributed by atoms with E-state index in [1.165, 1.54) is 5.56 Å². The standard InChI is InChI=1S/C23H25BrN4O3/c1-16-3-5-18(6-4-16)22-25-21(31-26-22)15-27-11-13-28(14-12-27)23(29)17(2)30-20-9-7-19(24)8-10-20/h3-10,17H,11-15H2,1-2H3/t17-/m0/s1. The van der Waals surface area contributed by atoms with E-state index in [4.69, 9.17) is 9.26 Å². The summed E-state index contributed by atoms with van der Waals surface area (Å²) in [5.41, 5.74) is 2.13. The molecule has 0 N–H and O–H groups in total. The molecule has 4 rings (SSSR count). The molecular weight excluding hydrogens is 460 g/mol. The Hall–Kier alpha value is -2.71. The molecule has 0 aliphatic carbocycles. The monoisotopic (exact) mass is 484 g/mol. The number of carbonyl (C=O) groups is 1. The van der Waals surface area contributed by atoms with E-state index in [-0.39, 0.29) is 5.91 Å². The predicted molar refractivity (Wildman–Crippen MR) is 121 cm³/mol. The van der Waals surface area contributed by atoms with Gasteiger partial charge in [-0.2, -0.15) is 4.98 Å². The van der Waals surface area contributed by atoms with E-state index in [1.54, 1.807) is 6.92 Å². The van der Waals surface area contributed by atoms with E-state index in [9.17, 15) is 4.79 Å². The van der Waals surface area contributed by atoms with Gasteiger partial charge in [0.2, 0.25) is 11.7 Å². The lowest BCUT2D eigenvalue weighted by Crippen LogP contribution is -2.51. The Balaban J connectivity index is 1.27. The largest absolute Gasteiger partial charge is 0.481 e. The fraction of sp³-hybridized carbons (Fsp3) is 0.348. The van der Waals surface area contributed by atoms with E-state index in [0.29, 0.717) is 37.1 Å². The van der Waals surface area contributed by atoms with Crippen molar-refractivity contribution in [1.29, 1.82) is 0 Å². The molecule has 1 amide bonds. The van der Waals surface area contributed by atoms with Crippen LogP contribution in [-0.4, -0.2) is 58.1 Å². The van der Waals surface area contributed by atoms with Crippen molar-refractivity contribution in [3.05, 3.63) is 64.5 Å². The van der Waals surface area contributed by atoms with Crippen LogP contribution in [-0.2, 0) is 11.3 Å². The first-order chi connectivity index (χ1) is 15.0. The number of carbonyl (C=O) groups excluding carboxylic acids is 1. The summed E-state index contributed by atoms with van der Waals surface area (Å²) in [5.74, 6) is 1.87. The van der Waals surface area contributed by atoms with Crippen LogP contribution in [0.3, 0.4) is 0 Å². The van der Waals surface area contributed by atoms with E-state index >= 15 is 0 Å². The van der Waals surface area contributed by atoms with Gasteiger partial charge >= 0.3 is 0 Å². The van der Waals surface area contributed by atoms with Crippen LogP contribution >= 0.6 is 15.9 Å². The van der Waals surface area contributed by atoms with Gasteiger partial charge < -0.3 is 14.2 Å². The number of hydrogen-bond acceptors (Lipinski definition) is 6. The molecule has 2 heterocycles. The Bertz CT molecular complexity index is 1010. The number of aryl methyl sites for hydroxylation is 1. The third kappa shape index (κ3) is 5.51. The number of nitrogens with zero attached hydrogens (tertiary/aromatic N) is 4. The topological polar surface area (TPSA) is 71.7 Å². The molecule has 8 heteroatoms. The van der Waals surface area contributed by atoms with Gasteiger partial charge in [-0.1, -0.05) is 50.9 Å². The Morgan fingerprint density at radius 3 is 2.45 bits per heavy atom. The number of piperazine rings is 1. The maximum Gasteiger partial charge on any atom is 0.263 e. The zero-order valence-electron chi connectivity index (χ0n) is 17.6. The van der Waals surface area contributed by atoms with Crippen LogP contribution in [0.15, 0.2) is 57.5 Å². The van der Waals surface area contributed by atoms with Crippen LogP contribution in [0.5, 0.6) is 5.75 Å². The van der Waals surface area contributed by atoms with Crippen molar-refractivity contribution in [1.82, 2.24) is 19.9 Å². The Labute approximate surface area is 190 Å². The molecule has 1 saturated heterocycles. The molecular formula is C23H25BrN4O3. The number of hydrogen-bond donors (Lipinski definition) is 0. The van der Waals surface area contributed by atoms with Gasteiger partial charge in [0.1, 0.15) is 5.75 Å². The van der Waals surface area contributed by atoms with Gasteiger partial charge in [-0.3, -0.25) is 9.69 Å². The van der Waals surface area contributed by atoms with E-state index in [2.05, 4.69) is 31.0 Å². The molecule has 1 atom stereocenters. The molecule has 3 aromatic rings. The number of aromatic nitrogens is 2. The summed E-state index contributed by atoms with van der Waals surface area (Å²) in [6.45, 7) is 7.20. The van der Waals surface area contributed by atoms with Crippen molar-refractivity contribution in [2.24, 2.45) is 0 Å². The highest BCUT2D eigenvalue weighted by Crippen LogP contribution is 2.19. The van der Waals surface area contributed by atoms with Crippen molar-refractivity contribution in [2.45, 2.75) is 26.5 Å². The van der Waals surface area contributed by atoms with Crippen molar-refractivity contribution in [2.75, 3.05) is 26.2 Å². The number of halogens is 1. The number of benzene rings is 2. The molecule has 1 aromatic heterocycles. The predicted octanol–water partition coefficient (Wildman–Crippen LogP) is 3.92. The lowest BCUT2D eigenvalue weighted by Gasteiger charge is -2.35. The first-order valence-electron chi connectivity index (χ1n) is 10.3. The first-order valence-corrected chi connectivity index (χ1v) is 11.1. The molecule has 0 unspecified atom stereocenters. The highest BCUT2D eigenvalue weighted by atomic mass is 79.9. The molecule has 0 radical (unpaired) electrons. The molecule has 162 valence electrons. The van der Waals surface area contributed by atoms with Gasteiger partial charge in [-0.15, -0.1) is 0 Å². The first kappa shape index (κ1) is 21.5. The zero-order chi connectivity index (χ0) is 21.8. The molecule has 1 fully saturated rings. The third-order valence-electron chi connectivity index (χ3n) is 5.29. The van der Waals surface area contributed by atoms with Gasteiger partial charge in [0.25, 0.3) is 5.91 Å². The summed E-state index contributed by atoms with van der Waals surface area (Å²) in [6.07, 6.45) is -0.527. The van der Waals surface area contributed by atoms with Crippen LogP contribution in [0.2, 0.25) is 0 Å². The van der Waals surface area contributed by atoms with Crippen LogP contribution in [0.1, 0.15) is 18.4 Å². The smallest absolute Gasteiger partial charge is 0.263 e. The van der Waals surface area contributed by atoms with E-state index in [1.807, 2.05) is 60.4 Å². The Morgan fingerprint density at radius 2 is 1.77 bits per heavy atom. The highest BCUT2D eigenvalue weighted by molar-refractivity contribution is 9.10. The summed E-state index contributed by atoms with van der Waals surface area (Å²) in [5, 5.41) is 4.10. The number of amides is 1. The Kier molecular flexibility index (Phi) is 6.67. The van der Waals surface area contributed by atoms with Crippen molar-refractivity contribution in [3.63, 3.8) is 0 Å². The third-order valence-corrected chi connectivity index (χ3v) is 5.82. The summed E-state index contributed by atoms with van der Waals surface area (Å²) in [7, 11) is 0. The molecule has 0 bridgehead atoms. The highest BCUT2D eigenvalue weighted by Gasteiger charge is 2.27. The minimum absolute atomic E-state index is 0.00187. The van der Waals surface area contributed by atoms with Crippen LogP contribution in [0.25, 0.3) is 11.4 Å². The van der Waals surface area contributed by atoms with E-state index < -0.39 is 6.10 Å². The summed E-state index contributed by atoms with van der Waals surface area (Å²) in [6, 6.07) is 15.5. The van der Waals surface area contributed by atoms with Crippen molar-refractivity contribution >= 4 is 21.8 Å². The maximum absolute atomic E-state index is 12.8. The Morgan fingerprint density at radius 1 is 1.10 bits per heavy atom. The second-order valence-corrected chi connectivity index (χ2v) is 8.61. The fourth-order valence-electron chi connectivity index (χ4n) is 3.48. The molecule has 7 nitrogen and oxygen atoms in total. The molecule has 31 heavy (non-hydrogen) atoms. The molecule has 2 aromatic carbocycles. The zero-order valence-corrected chi connectivity index (χ0v) is 19.2. The van der Waals surface area contributed by atoms with Gasteiger partial charge in [0, 0.05) is 36.2 Å². The number of rotatable bonds is 6. The lowest BCUT2D eigenvalue weighted by atomic mass is 10.1. The maximum atomic E-state index is 12.8. The van der Waals surface area contributed by atoms with Crippen LogP contribution in [0, 0.1) is 6.92 Å². The molecule has 1 aliphatic heterocycles. The van der Waals surface area contributed by atoms with Gasteiger partial charge in [-0.25, -0.2) is 0 Å². The SMILES string of the molecule is Cc1ccc(-c2noc(CN3CCN(C(=O)[C@H](C)Oc4ccc(Br)cc4)CC3)n2)cc1. The number of ether oxygens (including phenoxy) is 1. The normalized spacial score (nSPS) is 15.6.